The maximum Gasteiger partial charge on any atom is 0.330 e. The fraction of sp³-hybridized carbons (Fsp3) is 0.917. The minimum Gasteiger partial charge on any atom is -0.756 e. The van der Waals surface area contributed by atoms with E-state index in [0.717, 1.165) is 38.5 Å². The third-order valence-electron chi connectivity index (χ3n) is 10.9. The average molecular weight is 844 g/mol. The molecule has 344 valence electrons. The van der Waals surface area contributed by atoms with Crippen molar-refractivity contribution in [2.24, 2.45) is 0 Å². The number of rotatable bonds is 45. The molecule has 0 fully saturated rings. The highest BCUT2D eigenvalue weighted by molar-refractivity contribution is 7.45. The van der Waals surface area contributed by atoms with Crippen LogP contribution < -0.4 is 4.89 Å². The van der Waals surface area contributed by atoms with E-state index < -0.39 is 32.5 Å². The highest BCUT2D eigenvalue weighted by atomic mass is 31.2. The monoisotopic (exact) mass is 844 g/mol. The molecule has 1 unspecified atom stereocenters. The van der Waals surface area contributed by atoms with Gasteiger partial charge in [0.05, 0.1) is 27.7 Å². The summed E-state index contributed by atoms with van der Waals surface area (Å²) in [4.78, 5) is 37.5. The molecule has 9 nitrogen and oxygen atoms in total. The van der Waals surface area contributed by atoms with E-state index in [2.05, 4.69) is 13.8 Å². The van der Waals surface area contributed by atoms with Crippen molar-refractivity contribution >= 4 is 19.8 Å². The van der Waals surface area contributed by atoms with Crippen LogP contribution in [0.5, 0.6) is 0 Å². The predicted molar refractivity (Wildman–Crippen MR) is 241 cm³/mol. The summed E-state index contributed by atoms with van der Waals surface area (Å²) in [6, 6.07) is 0. The van der Waals surface area contributed by atoms with Crippen molar-refractivity contribution < 1.29 is 42.1 Å². The molecule has 0 heterocycles. The van der Waals surface area contributed by atoms with Gasteiger partial charge in [-0.05, 0) is 19.3 Å². The quantitative estimate of drug-likeness (QED) is 0.0196. The predicted octanol–water partition coefficient (Wildman–Crippen LogP) is 13.5. The van der Waals surface area contributed by atoms with Crippen LogP contribution in [0.3, 0.4) is 0 Å². The Balaban J connectivity index is 4.30. The van der Waals surface area contributed by atoms with Crippen LogP contribution in [-0.2, 0) is 32.7 Å². The summed E-state index contributed by atoms with van der Waals surface area (Å²) >= 11 is 0. The summed E-state index contributed by atoms with van der Waals surface area (Å²) in [5.41, 5.74) is 0. The van der Waals surface area contributed by atoms with Gasteiger partial charge in [0.15, 0.2) is 6.10 Å². The van der Waals surface area contributed by atoms with Crippen LogP contribution >= 0.6 is 7.82 Å². The van der Waals surface area contributed by atoms with Gasteiger partial charge in [0.1, 0.15) is 19.8 Å². The summed E-state index contributed by atoms with van der Waals surface area (Å²) in [7, 11) is 1.15. The Morgan fingerprint density at radius 3 is 1.33 bits per heavy atom. The van der Waals surface area contributed by atoms with Crippen LogP contribution in [0.2, 0.25) is 0 Å². The molecule has 2 atom stereocenters. The third-order valence-corrected chi connectivity index (χ3v) is 11.8. The average Bonchev–Trinajstić information content (AvgIpc) is 3.17. The van der Waals surface area contributed by atoms with Gasteiger partial charge in [0.2, 0.25) is 0 Å². The SMILES string of the molecule is CCCCCCCCCCCCCCCCCC=CC(=O)O[C@H](COC(=O)CCCCCCCCCCCCCCCCCCC)COP(=O)([O-])OCC[N+](C)(C)C. The maximum absolute atomic E-state index is 12.6. The van der Waals surface area contributed by atoms with Crippen LogP contribution in [0.15, 0.2) is 12.2 Å². The summed E-state index contributed by atoms with van der Waals surface area (Å²) in [5.74, 6) is -1.01. The normalized spacial score (nSPS) is 13.6. The highest BCUT2D eigenvalue weighted by Gasteiger charge is 2.21. The second-order valence-electron chi connectivity index (χ2n) is 17.9. The number of quaternary nitrogens is 1. The van der Waals surface area contributed by atoms with Gasteiger partial charge in [-0.15, -0.1) is 0 Å². The van der Waals surface area contributed by atoms with Crippen LogP contribution in [0, 0.1) is 0 Å². The number of esters is 2. The lowest BCUT2D eigenvalue weighted by molar-refractivity contribution is -0.870. The molecular weight excluding hydrogens is 750 g/mol. The molecule has 10 heteroatoms. The van der Waals surface area contributed by atoms with Crippen molar-refractivity contribution in [3.63, 3.8) is 0 Å². The lowest BCUT2D eigenvalue weighted by atomic mass is 10.0. The molecule has 0 saturated heterocycles. The third kappa shape index (κ3) is 44.3. The number of phosphoric acid groups is 1. The zero-order chi connectivity index (χ0) is 42.8. The number of phosphoric ester groups is 1. The molecule has 0 aromatic carbocycles. The largest absolute Gasteiger partial charge is 0.756 e. The van der Waals surface area contributed by atoms with Gasteiger partial charge in [-0.3, -0.25) is 9.36 Å². The van der Waals surface area contributed by atoms with Gasteiger partial charge in [-0.2, -0.15) is 0 Å². The van der Waals surface area contributed by atoms with Crippen LogP contribution in [0.25, 0.3) is 0 Å². The number of unbranched alkanes of at least 4 members (excludes halogenated alkanes) is 31. The Morgan fingerprint density at radius 2 is 0.931 bits per heavy atom. The Morgan fingerprint density at radius 1 is 0.552 bits per heavy atom. The van der Waals surface area contributed by atoms with Crippen molar-refractivity contribution in [3.05, 3.63) is 12.2 Å². The summed E-state index contributed by atoms with van der Waals surface area (Å²) in [6.07, 6.45) is 44.3. The van der Waals surface area contributed by atoms with Gasteiger partial charge in [-0.25, -0.2) is 4.79 Å². The van der Waals surface area contributed by atoms with E-state index in [1.807, 2.05) is 21.1 Å². The number of allylic oxidation sites excluding steroid dienone is 1. The molecule has 0 aliphatic heterocycles. The molecule has 0 aromatic heterocycles. The minimum atomic E-state index is -4.64. The van der Waals surface area contributed by atoms with Crippen molar-refractivity contribution in [3.8, 4) is 0 Å². The molecule has 58 heavy (non-hydrogen) atoms. The number of nitrogens with zero attached hydrogens (tertiary/aromatic N) is 1. The smallest absolute Gasteiger partial charge is 0.330 e. The summed E-state index contributed by atoms with van der Waals surface area (Å²) in [5, 5.41) is 0. The molecule has 0 aliphatic carbocycles. The van der Waals surface area contributed by atoms with Crippen LogP contribution in [0.4, 0.5) is 0 Å². The van der Waals surface area contributed by atoms with E-state index in [1.54, 1.807) is 6.08 Å². The molecule has 0 amide bonds. The van der Waals surface area contributed by atoms with Crippen LogP contribution in [-0.4, -0.2) is 70.0 Å². The Hall–Kier alpha value is -1.25. The summed E-state index contributed by atoms with van der Waals surface area (Å²) in [6.45, 7) is 4.19. The molecule has 0 spiro atoms. The Kier molecular flexibility index (Phi) is 40.2. The van der Waals surface area contributed by atoms with Crippen molar-refractivity contribution in [1.82, 2.24) is 0 Å². The van der Waals surface area contributed by atoms with Crippen molar-refractivity contribution in [1.29, 1.82) is 0 Å². The van der Waals surface area contributed by atoms with E-state index in [1.165, 1.54) is 179 Å². The van der Waals surface area contributed by atoms with Gasteiger partial charge in [-0.1, -0.05) is 213 Å². The number of carbonyl (C=O) groups is 2. The first-order valence-electron chi connectivity index (χ1n) is 24.4. The number of likely N-dealkylation sites (N-methyl/N-ethyl adjacent to an activating group) is 1. The molecule has 0 N–H and O–H groups in total. The van der Waals surface area contributed by atoms with Gasteiger partial charge in [0.25, 0.3) is 7.82 Å². The Bertz CT molecular complexity index is 1000. The first-order chi connectivity index (χ1) is 28.0. The second-order valence-corrected chi connectivity index (χ2v) is 19.3. The molecular formula is C48H94NO8P. The van der Waals surface area contributed by atoms with E-state index >= 15 is 0 Å². The van der Waals surface area contributed by atoms with Crippen molar-refractivity contribution in [2.45, 2.75) is 238 Å². The minimum absolute atomic E-state index is 0.0366. The molecule has 0 radical (unpaired) electrons. The van der Waals surface area contributed by atoms with E-state index in [-0.39, 0.29) is 19.6 Å². The topological polar surface area (TPSA) is 111 Å². The van der Waals surface area contributed by atoms with Gasteiger partial charge >= 0.3 is 11.9 Å². The van der Waals surface area contributed by atoms with Crippen molar-refractivity contribution in [2.75, 3.05) is 47.5 Å². The van der Waals surface area contributed by atoms with Gasteiger partial charge < -0.3 is 27.9 Å². The molecule has 0 rings (SSSR count). The van der Waals surface area contributed by atoms with E-state index in [9.17, 15) is 19.0 Å². The maximum atomic E-state index is 12.6. The number of hydrogen-bond acceptors (Lipinski definition) is 8. The molecule has 0 aromatic rings. The molecule has 0 saturated carbocycles. The molecule has 0 aliphatic rings. The van der Waals surface area contributed by atoms with Crippen LogP contribution in [0.1, 0.15) is 232 Å². The lowest BCUT2D eigenvalue weighted by Gasteiger charge is -2.28. The zero-order valence-electron chi connectivity index (χ0n) is 38.8. The van der Waals surface area contributed by atoms with E-state index in [4.69, 9.17) is 18.5 Å². The first kappa shape index (κ1) is 56.8. The lowest BCUT2D eigenvalue weighted by Crippen LogP contribution is -2.37. The number of ether oxygens (including phenoxy) is 2. The first-order valence-corrected chi connectivity index (χ1v) is 25.9. The molecule has 0 bridgehead atoms. The fourth-order valence-electron chi connectivity index (χ4n) is 7.02. The Labute approximate surface area is 358 Å². The number of carbonyl (C=O) groups excluding carboxylic acids is 2. The zero-order valence-corrected chi connectivity index (χ0v) is 39.7. The fourth-order valence-corrected chi connectivity index (χ4v) is 7.75. The summed E-state index contributed by atoms with van der Waals surface area (Å²) < 4.78 is 33.9. The second kappa shape index (κ2) is 41.1. The number of hydrogen-bond donors (Lipinski definition) is 0. The standard InChI is InChI=1S/C48H94NO8P/c1-6-8-10-12-14-16-18-20-22-24-26-28-30-32-34-36-38-40-47(50)54-44-46(45-56-58(52,53)55-43-42-49(3,4)5)57-48(51)41-39-37-35-33-31-29-27-25-23-21-19-17-15-13-11-9-7-2/h39,41,46H,6-38,40,42-45H2,1-5H3/t46-/m1/s1. The van der Waals surface area contributed by atoms with E-state index in [0.29, 0.717) is 11.0 Å². The van der Waals surface area contributed by atoms with Gasteiger partial charge in [0, 0.05) is 12.5 Å². The highest BCUT2D eigenvalue weighted by Crippen LogP contribution is 2.38.